The number of nitrogens with zero attached hydrogens (tertiary/aromatic N) is 1. The first-order valence-electron chi connectivity index (χ1n) is 15.6. The van der Waals surface area contributed by atoms with E-state index in [9.17, 15) is 14.4 Å². The Balaban J connectivity index is 1.19. The minimum atomic E-state index is -1.27. The van der Waals surface area contributed by atoms with Gasteiger partial charge in [0.25, 0.3) is 0 Å². The summed E-state index contributed by atoms with van der Waals surface area (Å²) in [7, 11) is 0. The van der Waals surface area contributed by atoms with E-state index in [1.165, 1.54) is 0 Å². The van der Waals surface area contributed by atoms with Crippen LogP contribution in [0.4, 0.5) is 5.69 Å². The number of halogens is 1. The molecule has 232 valence electrons. The Morgan fingerprint density at radius 1 is 1.09 bits per heavy atom. The summed E-state index contributed by atoms with van der Waals surface area (Å²) in [6.07, 6.45) is 5.57. The SMILES string of the molecule is Cc1ccc(NC(=O)[C@H]2[C@H]3C=C[C@@]4(O3)[C@H]2C(=O)N(C[C@@H]2COc3ccccc3O2)[C@@H]4C(=O)N[C@@H]2CCC[C@H](C)[C@@H]2C)cc1Cl. The van der Waals surface area contributed by atoms with E-state index in [-0.39, 0.29) is 36.9 Å². The Kier molecular flexibility index (Phi) is 7.36. The molecule has 3 amide bonds. The normalized spacial score (nSPS) is 35.0. The van der Waals surface area contributed by atoms with Gasteiger partial charge in [-0.05, 0) is 55.0 Å². The van der Waals surface area contributed by atoms with Gasteiger partial charge < -0.3 is 29.7 Å². The number of likely N-dealkylation sites (tertiary alicyclic amines) is 1. The molecule has 7 rings (SSSR count). The summed E-state index contributed by atoms with van der Waals surface area (Å²) >= 11 is 6.31. The number of rotatable bonds is 6. The predicted molar refractivity (Wildman–Crippen MR) is 165 cm³/mol. The molecular weight excluding hydrogens is 582 g/mol. The fourth-order valence-electron chi connectivity index (χ4n) is 7.78. The van der Waals surface area contributed by atoms with Crippen molar-refractivity contribution >= 4 is 35.0 Å². The number of carbonyl (C=O) groups excluding carboxylic acids is 3. The molecule has 9 atom stereocenters. The maximum absolute atomic E-state index is 14.4. The van der Waals surface area contributed by atoms with Crippen LogP contribution in [0, 0.1) is 30.6 Å². The molecule has 0 unspecified atom stereocenters. The molecule has 2 bridgehead atoms. The molecule has 2 aromatic rings. The van der Waals surface area contributed by atoms with E-state index >= 15 is 0 Å². The van der Waals surface area contributed by atoms with Crippen LogP contribution in [0.5, 0.6) is 11.5 Å². The molecule has 9 nitrogen and oxygen atoms in total. The van der Waals surface area contributed by atoms with E-state index in [4.69, 9.17) is 25.8 Å². The summed E-state index contributed by atoms with van der Waals surface area (Å²) < 4.78 is 18.7. The van der Waals surface area contributed by atoms with Gasteiger partial charge in [0.15, 0.2) is 17.6 Å². The third-order valence-corrected chi connectivity index (χ3v) is 10.8. The average Bonchev–Trinajstić information content (AvgIpc) is 3.65. The van der Waals surface area contributed by atoms with Crippen LogP contribution in [0.3, 0.4) is 0 Å². The predicted octanol–water partition coefficient (Wildman–Crippen LogP) is 4.52. The second kappa shape index (κ2) is 11.1. The highest BCUT2D eigenvalue weighted by atomic mass is 35.5. The van der Waals surface area contributed by atoms with Gasteiger partial charge in [0.05, 0.1) is 24.5 Å². The molecule has 3 fully saturated rings. The molecular formula is C34H38ClN3O6. The summed E-state index contributed by atoms with van der Waals surface area (Å²) in [6.45, 7) is 6.62. The molecule has 1 saturated carbocycles. The topological polar surface area (TPSA) is 106 Å². The van der Waals surface area contributed by atoms with E-state index in [2.05, 4.69) is 24.5 Å². The summed E-state index contributed by atoms with van der Waals surface area (Å²) in [4.78, 5) is 44.1. The minimum Gasteiger partial charge on any atom is -0.486 e. The van der Waals surface area contributed by atoms with Gasteiger partial charge >= 0.3 is 0 Å². The number of carbonyl (C=O) groups is 3. The van der Waals surface area contributed by atoms with E-state index in [1.807, 2.05) is 49.4 Å². The Labute approximate surface area is 262 Å². The van der Waals surface area contributed by atoms with Gasteiger partial charge in [-0.3, -0.25) is 14.4 Å². The molecule has 1 aliphatic carbocycles. The number of hydrogen-bond donors (Lipinski definition) is 2. The van der Waals surface area contributed by atoms with E-state index in [0.29, 0.717) is 34.0 Å². The number of anilines is 1. The molecule has 2 aromatic carbocycles. The van der Waals surface area contributed by atoms with Crippen LogP contribution in [0.1, 0.15) is 38.7 Å². The highest BCUT2D eigenvalue weighted by Crippen LogP contribution is 2.55. The van der Waals surface area contributed by atoms with Crippen molar-refractivity contribution < 1.29 is 28.6 Å². The molecule has 44 heavy (non-hydrogen) atoms. The number of aryl methyl sites for hydroxylation is 1. The van der Waals surface area contributed by atoms with Crippen molar-refractivity contribution in [3.63, 3.8) is 0 Å². The van der Waals surface area contributed by atoms with Gasteiger partial charge in [0.1, 0.15) is 18.2 Å². The summed E-state index contributed by atoms with van der Waals surface area (Å²) in [5, 5.41) is 6.77. The lowest BCUT2D eigenvalue weighted by atomic mass is 9.73. The molecule has 5 aliphatic rings. The summed E-state index contributed by atoms with van der Waals surface area (Å²) in [5.41, 5.74) is 0.161. The van der Waals surface area contributed by atoms with Crippen molar-refractivity contribution in [2.45, 2.75) is 69.9 Å². The van der Waals surface area contributed by atoms with Gasteiger partial charge in [-0.15, -0.1) is 0 Å². The van der Waals surface area contributed by atoms with Crippen molar-refractivity contribution in [2.75, 3.05) is 18.5 Å². The first kappa shape index (κ1) is 29.2. The van der Waals surface area contributed by atoms with Crippen LogP contribution in [0.15, 0.2) is 54.6 Å². The zero-order valence-electron chi connectivity index (χ0n) is 25.1. The fraction of sp³-hybridized carbons (Fsp3) is 0.500. The number of hydrogen-bond acceptors (Lipinski definition) is 6. The lowest BCUT2D eigenvalue weighted by molar-refractivity contribution is -0.143. The number of fused-ring (bicyclic) bond motifs is 2. The quantitative estimate of drug-likeness (QED) is 0.461. The third kappa shape index (κ3) is 4.76. The lowest BCUT2D eigenvalue weighted by Gasteiger charge is -2.38. The van der Waals surface area contributed by atoms with Crippen molar-refractivity contribution in [1.82, 2.24) is 10.2 Å². The second-order valence-corrected chi connectivity index (χ2v) is 13.4. The van der Waals surface area contributed by atoms with Gasteiger partial charge in [0.2, 0.25) is 17.7 Å². The second-order valence-electron chi connectivity index (χ2n) is 13.0. The van der Waals surface area contributed by atoms with Crippen molar-refractivity contribution in [1.29, 1.82) is 0 Å². The zero-order chi connectivity index (χ0) is 30.7. The molecule has 1 spiro atoms. The number of benzene rings is 2. The van der Waals surface area contributed by atoms with Gasteiger partial charge in [-0.2, -0.15) is 0 Å². The highest BCUT2D eigenvalue weighted by molar-refractivity contribution is 6.31. The standard InChI is InChI=1S/C34H38ClN3O6/c1-18-7-6-8-24(20(18)3)37-32(40)30-34-14-13-27(44-34)28(31(39)36-21-12-11-19(2)23(35)15-21)29(34)33(41)38(30)16-22-17-42-25-9-4-5-10-26(25)43-22/h4-5,9-15,18,20,22,24,27-30H,6-8,16-17H2,1-3H3,(H,36,39)(H,37,40)/t18-,20-,22+,24+,27+,28-,29+,30+,34+/m0/s1. The van der Waals surface area contributed by atoms with E-state index in [0.717, 1.165) is 24.8 Å². The summed E-state index contributed by atoms with van der Waals surface area (Å²) in [6, 6.07) is 11.7. The molecule has 2 N–H and O–H groups in total. The Bertz CT molecular complexity index is 1530. The van der Waals surface area contributed by atoms with Crippen LogP contribution in [-0.2, 0) is 19.1 Å². The molecule has 10 heteroatoms. The smallest absolute Gasteiger partial charge is 0.246 e. The van der Waals surface area contributed by atoms with Crippen LogP contribution >= 0.6 is 11.6 Å². The number of para-hydroxylation sites is 2. The first-order valence-corrected chi connectivity index (χ1v) is 16.0. The monoisotopic (exact) mass is 619 g/mol. The van der Waals surface area contributed by atoms with Crippen LogP contribution in [0.25, 0.3) is 0 Å². The Hall–Kier alpha value is -3.56. The largest absolute Gasteiger partial charge is 0.486 e. The maximum atomic E-state index is 14.4. The van der Waals surface area contributed by atoms with Crippen molar-refractivity contribution in [2.24, 2.45) is 23.7 Å². The fourth-order valence-corrected chi connectivity index (χ4v) is 7.96. The van der Waals surface area contributed by atoms with Crippen LogP contribution < -0.4 is 20.1 Å². The van der Waals surface area contributed by atoms with Gasteiger partial charge in [-0.25, -0.2) is 0 Å². The van der Waals surface area contributed by atoms with Gasteiger partial charge in [0, 0.05) is 16.8 Å². The molecule has 4 aliphatic heterocycles. The van der Waals surface area contributed by atoms with Crippen LogP contribution in [-0.4, -0.2) is 65.7 Å². The molecule has 2 saturated heterocycles. The van der Waals surface area contributed by atoms with E-state index in [1.54, 1.807) is 17.0 Å². The maximum Gasteiger partial charge on any atom is 0.246 e. The van der Waals surface area contributed by atoms with Crippen LogP contribution in [0.2, 0.25) is 5.02 Å². The number of nitrogens with one attached hydrogen (secondary N) is 2. The minimum absolute atomic E-state index is 0.00671. The summed E-state index contributed by atoms with van der Waals surface area (Å²) in [5.74, 6) is -0.580. The van der Waals surface area contributed by atoms with Crippen molar-refractivity contribution in [3.8, 4) is 11.5 Å². The average molecular weight is 620 g/mol. The van der Waals surface area contributed by atoms with E-state index < -0.39 is 35.7 Å². The molecule has 4 heterocycles. The molecule has 0 aromatic heterocycles. The zero-order valence-corrected chi connectivity index (χ0v) is 25.9. The van der Waals surface area contributed by atoms with Crippen molar-refractivity contribution in [3.05, 3.63) is 65.2 Å². The number of ether oxygens (including phenoxy) is 3. The highest BCUT2D eigenvalue weighted by Gasteiger charge is 2.73. The number of amides is 3. The van der Waals surface area contributed by atoms with Gasteiger partial charge in [-0.1, -0.05) is 68.6 Å². The Morgan fingerprint density at radius 2 is 1.89 bits per heavy atom. The Morgan fingerprint density at radius 3 is 2.68 bits per heavy atom. The first-order chi connectivity index (χ1) is 21.2. The third-order valence-electron chi connectivity index (χ3n) is 10.4. The lowest BCUT2D eigenvalue weighted by Crippen LogP contribution is -2.59. The molecule has 0 radical (unpaired) electrons.